The summed E-state index contributed by atoms with van der Waals surface area (Å²) in [6, 6.07) is 21.1. The average molecular weight is 353 g/mol. The lowest BCUT2D eigenvalue weighted by Crippen LogP contribution is -2.66. The van der Waals surface area contributed by atoms with Crippen LogP contribution in [-0.2, 0) is 9.22 Å². The number of hydrogen-bond donors (Lipinski definition) is 0. The molecule has 0 aliphatic rings. The molecule has 0 spiro atoms. The molecule has 0 saturated carbocycles. The van der Waals surface area contributed by atoms with Crippen molar-refractivity contribution in [3.8, 4) is 0 Å². The zero-order chi connectivity index (χ0) is 18.5. The topological polar surface area (TPSA) is 26.3 Å². The van der Waals surface area contributed by atoms with Crippen LogP contribution in [0.1, 0.15) is 34.6 Å². The van der Waals surface area contributed by atoms with Gasteiger partial charge in [-0.2, -0.15) is 0 Å². The molecule has 0 radical (unpaired) electrons. The van der Waals surface area contributed by atoms with Gasteiger partial charge in [0, 0.05) is 0 Å². The van der Waals surface area contributed by atoms with E-state index in [1.165, 1.54) is 10.4 Å². The van der Waals surface area contributed by atoms with E-state index in [-0.39, 0.29) is 5.04 Å². The molecule has 0 aromatic heterocycles. The van der Waals surface area contributed by atoms with Crippen molar-refractivity contribution in [3.05, 3.63) is 71.8 Å². The van der Waals surface area contributed by atoms with E-state index in [0.717, 1.165) is 17.4 Å². The van der Waals surface area contributed by atoms with E-state index in [4.69, 9.17) is 4.43 Å². The fourth-order valence-corrected chi connectivity index (χ4v) is 7.78. The van der Waals surface area contributed by atoms with Crippen LogP contribution in [0.15, 0.2) is 71.8 Å². The molecular formula is C22H28O2Si. The zero-order valence-electron chi connectivity index (χ0n) is 15.9. The minimum absolute atomic E-state index is 0.0505. The maximum absolute atomic E-state index is 11.1. The van der Waals surface area contributed by atoms with Crippen molar-refractivity contribution < 1.29 is 9.22 Å². The standard InChI is InChI=1S/C22H28O2Si/c1-18(16-23)19(2)17-24-25(22(3,4)5,20-12-8-6-9-13-20)21-14-10-7-11-15-21/h6-16H,17H2,1-5H3/b19-18+. The smallest absolute Gasteiger partial charge is 0.261 e. The Labute approximate surface area is 152 Å². The van der Waals surface area contributed by atoms with Crippen molar-refractivity contribution >= 4 is 25.0 Å². The van der Waals surface area contributed by atoms with Crippen LogP contribution in [0.3, 0.4) is 0 Å². The van der Waals surface area contributed by atoms with Crippen molar-refractivity contribution in [1.29, 1.82) is 0 Å². The van der Waals surface area contributed by atoms with Crippen LogP contribution in [0.2, 0.25) is 5.04 Å². The maximum Gasteiger partial charge on any atom is 0.261 e. The maximum atomic E-state index is 11.1. The van der Waals surface area contributed by atoms with E-state index in [0.29, 0.717) is 6.61 Å². The largest absolute Gasteiger partial charge is 0.403 e. The summed E-state index contributed by atoms with van der Waals surface area (Å²) in [5.41, 5.74) is 1.74. The summed E-state index contributed by atoms with van der Waals surface area (Å²) in [6.07, 6.45) is 0.907. The molecule has 0 aliphatic carbocycles. The lowest BCUT2D eigenvalue weighted by Gasteiger charge is -2.43. The molecule has 0 fully saturated rings. The summed E-state index contributed by atoms with van der Waals surface area (Å²) in [5.74, 6) is 0. The van der Waals surface area contributed by atoms with Gasteiger partial charge in [-0.1, -0.05) is 81.4 Å². The quantitative estimate of drug-likeness (QED) is 0.444. The van der Waals surface area contributed by atoms with Gasteiger partial charge in [-0.25, -0.2) is 0 Å². The van der Waals surface area contributed by atoms with Gasteiger partial charge in [0.2, 0.25) is 0 Å². The molecule has 2 rings (SSSR count). The van der Waals surface area contributed by atoms with Crippen LogP contribution >= 0.6 is 0 Å². The molecule has 0 N–H and O–H groups in total. The molecule has 0 amide bonds. The van der Waals surface area contributed by atoms with Gasteiger partial charge in [0.15, 0.2) is 0 Å². The summed E-state index contributed by atoms with van der Waals surface area (Å²) < 4.78 is 6.77. The van der Waals surface area contributed by atoms with Gasteiger partial charge in [0.1, 0.15) is 6.29 Å². The van der Waals surface area contributed by atoms with Crippen molar-refractivity contribution in [2.24, 2.45) is 0 Å². The predicted octanol–water partition coefficient (Wildman–Crippen LogP) is 4.10. The normalized spacial score (nSPS) is 13.3. The van der Waals surface area contributed by atoms with Gasteiger partial charge in [-0.15, -0.1) is 0 Å². The third kappa shape index (κ3) is 3.99. The van der Waals surface area contributed by atoms with Crippen molar-refractivity contribution in [2.45, 2.75) is 39.7 Å². The first-order valence-corrected chi connectivity index (χ1v) is 10.6. The van der Waals surface area contributed by atoms with Gasteiger partial charge in [-0.3, -0.25) is 4.79 Å². The zero-order valence-corrected chi connectivity index (χ0v) is 16.9. The van der Waals surface area contributed by atoms with Gasteiger partial charge in [0.25, 0.3) is 8.32 Å². The molecule has 3 heteroatoms. The first-order chi connectivity index (χ1) is 11.8. The van der Waals surface area contributed by atoms with Crippen molar-refractivity contribution in [2.75, 3.05) is 6.61 Å². The Morgan fingerprint density at radius 3 is 1.72 bits per heavy atom. The number of benzene rings is 2. The highest BCUT2D eigenvalue weighted by Gasteiger charge is 2.50. The Morgan fingerprint density at radius 2 is 1.36 bits per heavy atom. The number of carbonyl (C=O) groups is 1. The highest BCUT2D eigenvalue weighted by Crippen LogP contribution is 2.37. The molecule has 0 aliphatic heterocycles. The SMILES string of the molecule is C/C(C=O)=C(/C)CO[Si](c1ccccc1)(c1ccccc1)C(C)(C)C. The van der Waals surface area contributed by atoms with E-state index < -0.39 is 8.32 Å². The fourth-order valence-electron chi connectivity index (χ4n) is 3.19. The molecule has 0 bridgehead atoms. The summed E-state index contributed by atoms with van der Waals surface area (Å²) in [7, 11) is -2.52. The molecule has 2 aromatic rings. The fraction of sp³-hybridized carbons (Fsp3) is 0.318. The summed E-state index contributed by atoms with van der Waals surface area (Å²) >= 11 is 0. The van der Waals surface area contributed by atoms with Crippen LogP contribution in [0.25, 0.3) is 0 Å². The Bertz CT molecular complexity index is 688. The number of carbonyl (C=O) groups excluding carboxylic acids is 1. The minimum Gasteiger partial charge on any atom is -0.403 e. The summed E-state index contributed by atoms with van der Waals surface area (Å²) in [5, 5.41) is 2.46. The average Bonchev–Trinajstić information content (AvgIpc) is 2.62. The van der Waals surface area contributed by atoms with Gasteiger partial charge in [0.05, 0.1) is 6.61 Å². The third-order valence-corrected chi connectivity index (χ3v) is 9.75. The number of hydrogen-bond acceptors (Lipinski definition) is 2. The Balaban J connectivity index is 2.63. The van der Waals surface area contributed by atoms with Gasteiger partial charge in [-0.05, 0) is 40.4 Å². The molecule has 0 atom stereocenters. The van der Waals surface area contributed by atoms with Crippen LogP contribution in [0, 0.1) is 0 Å². The Hall–Kier alpha value is -1.97. The predicted molar refractivity (Wildman–Crippen MR) is 108 cm³/mol. The first kappa shape index (κ1) is 19.4. The van der Waals surface area contributed by atoms with Crippen molar-refractivity contribution in [1.82, 2.24) is 0 Å². The Kier molecular flexibility index (Phi) is 6.14. The van der Waals surface area contributed by atoms with Crippen LogP contribution in [-0.4, -0.2) is 21.2 Å². The van der Waals surface area contributed by atoms with E-state index in [1.807, 2.05) is 26.0 Å². The minimum atomic E-state index is -2.52. The molecule has 2 aromatic carbocycles. The monoisotopic (exact) mass is 352 g/mol. The second-order valence-corrected chi connectivity index (χ2v) is 11.8. The van der Waals surface area contributed by atoms with Crippen LogP contribution in [0.4, 0.5) is 0 Å². The highest BCUT2D eigenvalue weighted by molar-refractivity contribution is 6.99. The van der Waals surface area contributed by atoms with E-state index in [9.17, 15) is 4.79 Å². The van der Waals surface area contributed by atoms with E-state index in [2.05, 4.69) is 69.3 Å². The number of aldehydes is 1. The van der Waals surface area contributed by atoms with Crippen LogP contribution < -0.4 is 10.4 Å². The molecule has 0 unspecified atom stereocenters. The Morgan fingerprint density at radius 1 is 0.920 bits per heavy atom. The lowest BCUT2D eigenvalue weighted by atomic mass is 10.2. The van der Waals surface area contributed by atoms with Gasteiger partial charge < -0.3 is 4.43 Å². The van der Waals surface area contributed by atoms with E-state index >= 15 is 0 Å². The number of rotatable bonds is 6. The summed E-state index contributed by atoms with van der Waals surface area (Å²) in [6.45, 7) is 11.1. The van der Waals surface area contributed by atoms with Crippen LogP contribution in [0.5, 0.6) is 0 Å². The lowest BCUT2D eigenvalue weighted by molar-refractivity contribution is -0.104. The van der Waals surface area contributed by atoms with E-state index in [1.54, 1.807) is 0 Å². The number of allylic oxidation sites excluding steroid dienone is 1. The second-order valence-electron chi connectivity index (χ2n) is 7.53. The van der Waals surface area contributed by atoms with Crippen molar-refractivity contribution in [3.63, 3.8) is 0 Å². The van der Waals surface area contributed by atoms with Gasteiger partial charge >= 0.3 is 0 Å². The second kappa shape index (κ2) is 7.94. The molecule has 2 nitrogen and oxygen atoms in total. The molecule has 25 heavy (non-hydrogen) atoms. The first-order valence-electron chi connectivity index (χ1n) is 8.69. The molecule has 132 valence electrons. The molecule has 0 heterocycles. The molecule has 0 saturated heterocycles. The summed E-state index contributed by atoms with van der Waals surface area (Å²) in [4.78, 5) is 11.1. The highest BCUT2D eigenvalue weighted by atomic mass is 28.4. The third-order valence-electron chi connectivity index (χ3n) is 4.77. The molecular weight excluding hydrogens is 324 g/mol.